The van der Waals surface area contributed by atoms with Gasteiger partial charge in [-0.25, -0.2) is 4.79 Å². The lowest BCUT2D eigenvalue weighted by molar-refractivity contribution is 0.153. The van der Waals surface area contributed by atoms with Crippen molar-refractivity contribution in [1.82, 2.24) is 9.88 Å². The van der Waals surface area contributed by atoms with Crippen LogP contribution in [0.3, 0.4) is 0 Å². The quantitative estimate of drug-likeness (QED) is 0.885. The molecule has 2 aliphatic rings. The van der Waals surface area contributed by atoms with Crippen molar-refractivity contribution in [3.05, 3.63) is 42.2 Å². The molecule has 0 radical (unpaired) electrons. The largest absolute Gasteiger partial charge is 0.465 e. The van der Waals surface area contributed by atoms with E-state index in [2.05, 4.69) is 23.7 Å². The summed E-state index contributed by atoms with van der Waals surface area (Å²) in [4.78, 5) is 16.7. The van der Waals surface area contributed by atoms with Crippen LogP contribution in [-0.2, 0) is 0 Å². The van der Waals surface area contributed by atoms with Crippen LogP contribution in [0.1, 0.15) is 17.5 Å². The summed E-state index contributed by atoms with van der Waals surface area (Å²) in [6.07, 6.45) is 7.81. The standard InChI is InChI=1S/C15H16N2O2/c1-2-10-3-12(7-16-6-10)11-4-13-8-17(15(18)19)9-14(13)5-11/h2-4,6-7,13-14H,1,5,8-9H2,(H,18,19). The van der Waals surface area contributed by atoms with Crippen LogP contribution in [0, 0.1) is 11.8 Å². The monoisotopic (exact) mass is 256 g/mol. The molecule has 2 heterocycles. The topological polar surface area (TPSA) is 53.4 Å². The maximum absolute atomic E-state index is 11.0. The minimum absolute atomic E-state index is 0.360. The summed E-state index contributed by atoms with van der Waals surface area (Å²) in [5.41, 5.74) is 3.44. The van der Waals surface area contributed by atoms with E-state index in [1.54, 1.807) is 12.3 Å². The molecule has 0 bridgehead atoms. The summed E-state index contributed by atoms with van der Waals surface area (Å²) < 4.78 is 0. The van der Waals surface area contributed by atoms with Crippen LogP contribution in [0.4, 0.5) is 4.79 Å². The lowest BCUT2D eigenvalue weighted by atomic mass is 9.98. The van der Waals surface area contributed by atoms with Crippen LogP contribution < -0.4 is 0 Å². The number of pyridine rings is 1. The highest BCUT2D eigenvalue weighted by molar-refractivity contribution is 5.71. The summed E-state index contributed by atoms with van der Waals surface area (Å²) in [7, 11) is 0. The van der Waals surface area contributed by atoms with Crippen molar-refractivity contribution in [2.75, 3.05) is 13.1 Å². The first-order valence-corrected chi connectivity index (χ1v) is 6.44. The molecule has 0 saturated carbocycles. The highest BCUT2D eigenvalue weighted by Gasteiger charge is 2.38. The molecule has 2 unspecified atom stereocenters. The highest BCUT2D eigenvalue weighted by Crippen LogP contribution is 2.40. The van der Waals surface area contributed by atoms with E-state index in [0.717, 1.165) is 17.5 Å². The molecule has 0 aromatic carbocycles. The number of likely N-dealkylation sites (tertiary alicyclic amines) is 1. The fourth-order valence-electron chi connectivity index (χ4n) is 3.03. The Morgan fingerprint density at radius 1 is 1.47 bits per heavy atom. The number of allylic oxidation sites excluding steroid dienone is 1. The molecule has 1 aliphatic carbocycles. The van der Waals surface area contributed by atoms with Crippen molar-refractivity contribution in [1.29, 1.82) is 0 Å². The lowest BCUT2D eigenvalue weighted by Crippen LogP contribution is -2.27. The molecule has 19 heavy (non-hydrogen) atoms. The van der Waals surface area contributed by atoms with Gasteiger partial charge >= 0.3 is 6.09 Å². The average Bonchev–Trinajstić information content (AvgIpc) is 2.96. The van der Waals surface area contributed by atoms with E-state index in [1.165, 1.54) is 10.5 Å². The first kappa shape index (κ1) is 12.0. The number of fused-ring (bicyclic) bond motifs is 1. The zero-order chi connectivity index (χ0) is 13.4. The molecule has 1 amide bonds. The van der Waals surface area contributed by atoms with Gasteiger partial charge in [-0.05, 0) is 41.0 Å². The van der Waals surface area contributed by atoms with Gasteiger partial charge in [0.25, 0.3) is 0 Å². The minimum atomic E-state index is -0.806. The molecule has 3 rings (SSSR count). The molecule has 4 nitrogen and oxygen atoms in total. The van der Waals surface area contributed by atoms with E-state index in [9.17, 15) is 4.79 Å². The summed E-state index contributed by atoms with van der Waals surface area (Å²) >= 11 is 0. The Hall–Kier alpha value is -2.10. The molecule has 1 aliphatic heterocycles. The molecule has 1 N–H and O–H groups in total. The van der Waals surface area contributed by atoms with Gasteiger partial charge in [0.1, 0.15) is 0 Å². The molecule has 1 fully saturated rings. The van der Waals surface area contributed by atoms with Gasteiger partial charge in [0.2, 0.25) is 0 Å². The summed E-state index contributed by atoms with van der Waals surface area (Å²) in [5, 5.41) is 9.00. The normalized spacial score (nSPS) is 25.1. The molecular weight excluding hydrogens is 240 g/mol. The molecular formula is C15H16N2O2. The van der Waals surface area contributed by atoms with E-state index in [4.69, 9.17) is 5.11 Å². The fourth-order valence-corrected chi connectivity index (χ4v) is 3.03. The molecule has 2 atom stereocenters. The zero-order valence-electron chi connectivity index (χ0n) is 10.6. The van der Waals surface area contributed by atoms with Gasteiger partial charge in [-0.15, -0.1) is 0 Å². The van der Waals surface area contributed by atoms with Gasteiger partial charge in [0.15, 0.2) is 0 Å². The predicted octanol–water partition coefficient (Wildman–Crippen LogP) is 2.74. The van der Waals surface area contributed by atoms with Gasteiger partial charge in [-0.3, -0.25) is 4.98 Å². The average molecular weight is 256 g/mol. The second-order valence-electron chi connectivity index (χ2n) is 5.22. The van der Waals surface area contributed by atoms with Gasteiger partial charge in [0.05, 0.1) is 0 Å². The number of hydrogen-bond acceptors (Lipinski definition) is 2. The molecule has 0 spiro atoms. The van der Waals surface area contributed by atoms with E-state index >= 15 is 0 Å². The van der Waals surface area contributed by atoms with Crippen LogP contribution in [0.15, 0.2) is 31.1 Å². The van der Waals surface area contributed by atoms with E-state index in [-0.39, 0.29) is 0 Å². The Morgan fingerprint density at radius 3 is 3.00 bits per heavy atom. The second-order valence-corrected chi connectivity index (χ2v) is 5.22. The SMILES string of the molecule is C=Cc1cncc(C2=CC3CN(C(=O)O)CC3C2)c1. The van der Waals surface area contributed by atoms with Crippen molar-refractivity contribution in [2.24, 2.45) is 11.8 Å². The Balaban J connectivity index is 1.80. The van der Waals surface area contributed by atoms with Crippen LogP contribution >= 0.6 is 0 Å². The van der Waals surface area contributed by atoms with Crippen molar-refractivity contribution < 1.29 is 9.90 Å². The summed E-state index contributed by atoms with van der Waals surface area (Å²) in [5.74, 6) is 0.789. The zero-order valence-corrected chi connectivity index (χ0v) is 10.6. The highest BCUT2D eigenvalue weighted by atomic mass is 16.4. The Morgan fingerprint density at radius 2 is 2.32 bits per heavy atom. The van der Waals surface area contributed by atoms with Crippen molar-refractivity contribution >= 4 is 17.7 Å². The first-order chi connectivity index (χ1) is 9.17. The lowest BCUT2D eigenvalue weighted by Gasteiger charge is -2.12. The maximum Gasteiger partial charge on any atom is 0.407 e. The van der Waals surface area contributed by atoms with Crippen LogP contribution in [0.5, 0.6) is 0 Å². The third-order valence-electron chi connectivity index (χ3n) is 4.03. The number of aromatic nitrogens is 1. The number of amides is 1. The van der Waals surface area contributed by atoms with Gasteiger partial charge in [-0.1, -0.05) is 18.7 Å². The summed E-state index contributed by atoms with van der Waals surface area (Å²) in [6.45, 7) is 5.02. The Kier molecular flexibility index (Phi) is 2.85. The van der Waals surface area contributed by atoms with Crippen LogP contribution in [0.2, 0.25) is 0 Å². The third-order valence-corrected chi connectivity index (χ3v) is 4.03. The fraction of sp³-hybridized carbons (Fsp3) is 0.333. The Bertz CT molecular complexity index is 565. The number of hydrogen-bond donors (Lipinski definition) is 1. The molecule has 4 heteroatoms. The number of carbonyl (C=O) groups is 1. The van der Waals surface area contributed by atoms with E-state index < -0.39 is 6.09 Å². The third kappa shape index (κ3) is 2.14. The maximum atomic E-state index is 11.0. The van der Waals surface area contributed by atoms with Crippen molar-refractivity contribution in [3.63, 3.8) is 0 Å². The molecule has 1 saturated heterocycles. The van der Waals surface area contributed by atoms with Gasteiger partial charge in [0, 0.05) is 25.5 Å². The first-order valence-electron chi connectivity index (χ1n) is 6.44. The Labute approximate surface area is 112 Å². The van der Waals surface area contributed by atoms with E-state index in [1.807, 2.05) is 6.20 Å². The minimum Gasteiger partial charge on any atom is -0.465 e. The van der Waals surface area contributed by atoms with E-state index in [0.29, 0.717) is 24.9 Å². The van der Waals surface area contributed by atoms with Gasteiger partial charge in [-0.2, -0.15) is 0 Å². The number of carboxylic acid groups (broad SMARTS) is 1. The number of rotatable bonds is 2. The predicted molar refractivity (Wildman–Crippen MR) is 73.5 cm³/mol. The van der Waals surface area contributed by atoms with Crippen LogP contribution in [0.25, 0.3) is 11.6 Å². The van der Waals surface area contributed by atoms with Crippen molar-refractivity contribution in [3.8, 4) is 0 Å². The van der Waals surface area contributed by atoms with Gasteiger partial charge < -0.3 is 10.0 Å². The molecule has 1 aromatic heterocycles. The second kappa shape index (κ2) is 4.53. The number of nitrogens with zero attached hydrogens (tertiary/aromatic N) is 2. The summed E-state index contributed by atoms with van der Waals surface area (Å²) in [6, 6.07) is 2.09. The molecule has 1 aromatic rings. The van der Waals surface area contributed by atoms with Crippen LogP contribution in [-0.4, -0.2) is 34.2 Å². The molecule has 98 valence electrons. The van der Waals surface area contributed by atoms with Crippen molar-refractivity contribution in [2.45, 2.75) is 6.42 Å². The smallest absolute Gasteiger partial charge is 0.407 e.